The number of hydrogen-bond donors (Lipinski definition) is 16. The van der Waals surface area contributed by atoms with Crippen LogP contribution in [0.3, 0.4) is 0 Å². The summed E-state index contributed by atoms with van der Waals surface area (Å²) < 4.78 is 0.424. The number of hydrogen-bond acceptors (Lipinski definition) is 19. The van der Waals surface area contributed by atoms with Crippen LogP contribution in [0, 0.1) is 3.57 Å². The summed E-state index contributed by atoms with van der Waals surface area (Å²) >= 11 is 1.89. The number of nitrogens with zero attached hydrogens (tertiary/aromatic N) is 4. The predicted octanol–water partition coefficient (Wildman–Crippen LogP) is -1.88. The number of aliphatic hydroxyl groups excluding tert-OH is 1. The number of carboxylic acid groups (broad SMARTS) is 4. The number of carbonyl (C=O) groups is 13. The molecule has 0 aliphatic carbocycles. The van der Waals surface area contributed by atoms with E-state index in [0.717, 1.165) is 0 Å². The number of benzene rings is 2. The zero-order chi connectivity index (χ0) is 71.8. The van der Waals surface area contributed by atoms with Gasteiger partial charge in [-0.25, -0.2) is 14.4 Å². The monoisotopic (exact) mass is 1480 g/mol. The van der Waals surface area contributed by atoms with Crippen LogP contribution in [0.15, 0.2) is 48.5 Å². The molecule has 1 fully saturated rings. The van der Waals surface area contributed by atoms with Crippen molar-refractivity contribution < 1.29 is 93.0 Å². The van der Waals surface area contributed by atoms with Crippen molar-refractivity contribution in [2.75, 3.05) is 91.7 Å². The average Bonchev–Trinajstić information content (AvgIpc) is 0.890. The quantitative estimate of drug-likeness (QED) is 0.0255. The van der Waals surface area contributed by atoms with Crippen molar-refractivity contribution in [3.63, 3.8) is 0 Å². The number of urea groups is 1. The second-order valence-corrected chi connectivity index (χ2v) is 25.0. The van der Waals surface area contributed by atoms with Crippen molar-refractivity contribution in [2.45, 2.75) is 152 Å². The maximum absolute atomic E-state index is 14.5. The van der Waals surface area contributed by atoms with E-state index >= 15 is 0 Å². The third kappa shape index (κ3) is 36.0. The maximum atomic E-state index is 14.5. The largest absolute Gasteiger partial charge is 0.507 e. The number of carbonyl (C=O) groups excluding carboxylic acids is 9. The molecular weight excluding hydrogens is 1380 g/mol. The topological polar surface area (TPSA) is 519 Å². The molecule has 19 N–H and O–H groups in total. The third-order valence-electron chi connectivity index (χ3n) is 15.9. The van der Waals surface area contributed by atoms with Crippen molar-refractivity contribution in [2.24, 2.45) is 17.2 Å². The van der Waals surface area contributed by atoms with Crippen LogP contribution in [0.4, 0.5) is 4.79 Å². The van der Waals surface area contributed by atoms with E-state index in [1.165, 1.54) is 12.1 Å². The molecule has 33 nitrogen and oxygen atoms in total. The molecule has 3 rings (SSSR count). The molecule has 540 valence electrons. The molecule has 0 saturated carbocycles. The lowest BCUT2D eigenvalue weighted by Crippen LogP contribution is -2.57. The fourth-order valence-electron chi connectivity index (χ4n) is 10.6. The van der Waals surface area contributed by atoms with Crippen LogP contribution in [0.5, 0.6) is 5.75 Å². The van der Waals surface area contributed by atoms with Crippen molar-refractivity contribution in [1.82, 2.24) is 56.8 Å². The van der Waals surface area contributed by atoms with E-state index in [0.29, 0.717) is 59.6 Å². The van der Waals surface area contributed by atoms with Crippen molar-refractivity contribution in [3.8, 4) is 5.75 Å². The van der Waals surface area contributed by atoms with E-state index < -0.39 is 115 Å². The molecule has 6 atom stereocenters. The molecule has 34 heteroatoms. The number of aliphatic hydroxyl groups is 1. The van der Waals surface area contributed by atoms with E-state index in [9.17, 15) is 87.9 Å². The van der Waals surface area contributed by atoms with Gasteiger partial charge in [-0.15, -0.1) is 0 Å². The number of phenols is 1. The van der Waals surface area contributed by atoms with Crippen molar-refractivity contribution >= 4 is 99.8 Å². The third-order valence-corrected chi connectivity index (χ3v) is 16.8. The Morgan fingerprint density at radius 3 is 1.38 bits per heavy atom. The molecular formula is C63H97IN14O19. The van der Waals surface area contributed by atoms with Crippen molar-refractivity contribution in [1.29, 1.82) is 0 Å². The molecule has 1 aliphatic rings. The molecule has 3 unspecified atom stereocenters. The molecule has 2 aromatic carbocycles. The van der Waals surface area contributed by atoms with Crippen LogP contribution in [0.25, 0.3) is 0 Å². The van der Waals surface area contributed by atoms with Gasteiger partial charge in [0.15, 0.2) is 0 Å². The summed E-state index contributed by atoms with van der Waals surface area (Å²) in [6.07, 6.45) is 2.98. The number of nitrogens with one attached hydrogen (secondary N) is 7. The highest BCUT2D eigenvalue weighted by atomic mass is 127. The number of rotatable bonds is 45. The minimum atomic E-state index is -1.42. The normalized spacial score (nSPS) is 15.4. The highest BCUT2D eigenvalue weighted by molar-refractivity contribution is 14.1. The lowest BCUT2D eigenvalue weighted by atomic mass is 10.0. The molecule has 2 aromatic rings. The number of aliphatic carboxylic acids is 4. The summed E-state index contributed by atoms with van der Waals surface area (Å²) in [4.78, 5) is 171. The number of phenolic OH excluding ortho intramolecular Hbond substituents is 1. The number of nitrogens with two attached hydrogens (primary N) is 3. The Morgan fingerprint density at radius 2 is 0.928 bits per heavy atom. The van der Waals surface area contributed by atoms with Crippen LogP contribution in [0.2, 0.25) is 0 Å². The Morgan fingerprint density at radius 1 is 0.464 bits per heavy atom. The molecule has 1 heterocycles. The highest BCUT2D eigenvalue weighted by Gasteiger charge is 2.33. The van der Waals surface area contributed by atoms with E-state index in [1.54, 1.807) is 56.0 Å². The van der Waals surface area contributed by atoms with Gasteiger partial charge < -0.3 is 85.1 Å². The Labute approximate surface area is 576 Å². The smallest absolute Gasteiger partial charge is 0.326 e. The van der Waals surface area contributed by atoms with Crippen LogP contribution in [-0.2, 0) is 70.4 Å². The standard InChI is InChI=1S/C63H97IN14O19/c64-44-34-42(18-21-50(44)80)36-47(71-56(86)22-20-49(62(95)96)78-32-30-76(38-52(66)82)28-26-75(37-51(65)81)27-29-77(31-33-78)39-53(67)83)58(89)73-48(35-41-12-4-3-5-13-41)59(90)72-45(60(91)92)14-8-10-24-68-54(84)16-6-1-2-7-17-55(85)69-25-11-9-15-46(61(93)94)74-63(97)70-43(40-79)19-23-57(87)88/h3-5,12-13,18,21,34,43,45-49,79-80H,1-2,6-11,14-17,19-20,22-33,35-40H2,(H2,65,81)(H2,66,82)(H2,67,83)(H,68,84)(H,69,85)(H,71,86)(H,72,90)(H,73,89)(H,87,88)(H,91,92)(H,93,94)(H,95,96)(H2,70,74,97)/t43-,45+,46?,47?,48?,49-/m0/s1. The highest BCUT2D eigenvalue weighted by Crippen LogP contribution is 2.22. The van der Waals surface area contributed by atoms with Gasteiger partial charge in [-0.1, -0.05) is 49.2 Å². The predicted molar refractivity (Wildman–Crippen MR) is 359 cm³/mol. The van der Waals surface area contributed by atoms with Crippen LogP contribution < -0.4 is 54.4 Å². The second-order valence-electron chi connectivity index (χ2n) is 23.8. The summed E-state index contributed by atoms with van der Waals surface area (Å²) in [6, 6.07) is 4.59. The first-order valence-electron chi connectivity index (χ1n) is 32.4. The fraction of sp³-hybridized carbons (Fsp3) is 0.603. The number of primary amides is 3. The molecule has 0 spiro atoms. The van der Waals surface area contributed by atoms with Gasteiger partial charge >= 0.3 is 29.9 Å². The van der Waals surface area contributed by atoms with E-state index in [4.69, 9.17) is 22.3 Å². The summed E-state index contributed by atoms with van der Waals surface area (Å²) in [5.41, 5.74) is 17.7. The first-order valence-corrected chi connectivity index (χ1v) is 33.5. The van der Waals surface area contributed by atoms with Gasteiger partial charge in [0, 0.05) is 104 Å². The maximum Gasteiger partial charge on any atom is 0.326 e. The van der Waals surface area contributed by atoms with Gasteiger partial charge in [-0.05, 0) is 110 Å². The number of unbranched alkanes of at least 4 members (excludes halogenated alkanes) is 5. The Hall–Kier alpha value is -8.32. The van der Waals surface area contributed by atoms with Gasteiger partial charge in [0.25, 0.3) is 0 Å². The Bertz CT molecular complexity index is 2880. The zero-order valence-corrected chi connectivity index (χ0v) is 56.8. The summed E-state index contributed by atoms with van der Waals surface area (Å²) in [5.74, 6) is -9.84. The number of amides is 10. The van der Waals surface area contributed by atoms with Crippen LogP contribution in [-0.4, -0.2) is 255 Å². The Balaban J connectivity index is 1.58. The first-order chi connectivity index (χ1) is 46.1. The van der Waals surface area contributed by atoms with E-state index in [-0.39, 0.29) is 167 Å². The lowest BCUT2D eigenvalue weighted by molar-refractivity contribution is -0.144. The van der Waals surface area contributed by atoms with Crippen LogP contribution >= 0.6 is 22.6 Å². The number of carboxylic acids is 4. The van der Waals surface area contributed by atoms with Gasteiger partial charge in [-0.3, -0.25) is 67.5 Å². The van der Waals surface area contributed by atoms with E-state index in [1.807, 2.05) is 22.6 Å². The minimum Gasteiger partial charge on any atom is -0.507 e. The van der Waals surface area contributed by atoms with Gasteiger partial charge in [0.05, 0.1) is 35.9 Å². The Kier molecular flexibility index (Phi) is 39.3. The van der Waals surface area contributed by atoms with Crippen molar-refractivity contribution in [3.05, 3.63) is 63.2 Å². The molecule has 1 saturated heterocycles. The summed E-state index contributed by atoms with van der Waals surface area (Å²) in [7, 11) is 0. The van der Waals surface area contributed by atoms with Crippen LogP contribution in [0.1, 0.15) is 114 Å². The fourth-order valence-corrected chi connectivity index (χ4v) is 11.2. The lowest BCUT2D eigenvalue weighted by Gasteiger charge is -2.35. The molecule has 0 radical (unpaired) electrons. The first kappa shape index (κ1) is 82.9. The second kappa shape index (κ2) is 46.0. The van der Waals surface area contributed by atoms with E-state index in [2.05, 4.69) is 37.2 Å². The minimum absolute atomic E-state index is 0.0424. The SMILES string of the molecule is NC(=O)CN1CCN(CC(N)=O)CCN([C@@H](CCC(=O)NC(Cc2ccc(O)c(I)c2)C(=O)NC(Cc2ccccc2)C(=O)N[C@H](CCCCNC(=O)CCCCCCC(=O)NCCCCC(NC(=O)N[C@H](CO)CCC(=O)O)C(=O)O)C(=O)O)C(=O)O)CCN(CC(N)=O)CC1. The summed E-state index contributed by atoms with van der Waals surface area (Å²) in [6.45, 7) is 0.880. The van der Waals surface area contributed by atoms with Gasteiger partial charge in [0.2, 0.25) is 47.3 Å². The summed E-state index contributed by atoms with van der Waals surface area (Å²) in [5, 5.41) is 77.1. The molecule has 1 aliphatic heterocycles. The molecule has 0 aromatic heterocycles. The molecule has 10 amide bonds. The number of halogens is 1. The van der Waals surface area contributed by atoms with Gasteiger partial charge in [0.1, 0.15) is 36.0 Å². The molecule has 0 bridgehead atoms. The van der Waals surface area contributed by atoms with Gasteiger partial charge in [-0.2, -0.15) is 0 Å². The number of aromatic hydroxyl groups is 1. The molecule has 97 heavy (non-hydrogen) atoms. The average molecular weight is 1480 g/mol. The zero-order valence-electron chi connectivity index (χ0n) is 54.6.